The second kappa shape index (κ2) is 3.89. The molecule has 0 spiro atoms. The van der Waals surface area contributed by atoms with Gasteiger partial charge in [0.1, 0.15) is 0 Å². The number of hydrogen-bond acceptors (Lipinski definition) is 2. The van der Waals surface area contributed by atoms with Gasteiger partial charge in [-0.15, -0.1) is 11.3 Å². The van der Waals surface area contributed by atoms with E-state index >= 15 is 0 Å². The lowest BCUT2D eigenvalue weighted by Crippen LogP contribution is -2.09. The van der Waals surface area contributed by atoms with Crippen LogP contribution in [0.4, 0.5) is 0 Å². The summed E-state index contributed by atoms with van der Waals surface area (Å²) in [5, 5.41) is 2.06. The normalized spacial score (nSPS) is 11.4. The van der Waals surface area contributed by atoms with Gasteiger partial charge in [0.25, 0.3) is 0 Å². The van der Waals surface area contributed by atoms with Gasteiger partial charge in [0, 0.05) is 21.1 Å². The number of nitrogens with zero attached hydrogens (tertiary/aromatic N) is 1. The lowest BCUT2D eigenvalue weighted by Gasteiger charge is -2.05. The average Bonchev–Trinajstić information content (AvgIpc) is 2.44. The van der Waals surface area contributed by atoms with Crippen molar-refractivity contribution in [3.8, 4) is 0 Å². The van der Waals surface area contributed by atoms with Crippen LogP contribution in [0.2, 0.25) is 5.02 Å². The summed E-state index contributed by atoms with van der Waals surface area (Å²) >= 11 is 7.76. The van der Waals surface area contributed by atoms with E-state index < -0.39 is 0 Å². The number of thiophene rings is 1. The summed E-state index contributed by atoms with van der Waals surface area (Å²) in [5.74, 6) is 0. The number of fused-ring (bicyclic) bond motifs is 1. The lowest BCUT2D eigenvalue weighted by atomic mass is 10.2. The van der Waals surface area contributed by atoms with Crippen LogP contribution in [0.5, 0.6) is 0 Å². The Morgan fingerprint density at radius 2 is 2.07 bits per heavy atom. The van der Waals surface area contributed by atoms with Crippen LogP contribution in [-0.4, -0.2) is 19.0 Å². The van der Waals surface area contributed by atoms with Crippen LogP contribution >= 0.6 is 22.9 Å². The number of benzene rings is 1. The second-order valence-corrected chi connectivity index (χ2v) is 5.24. The van der Waals surface area contributed by atoms with Crippen molar-refractivity contribution >= 4 is 33.0 Å². The van der Waals surface area contributed by atoms with Crippen molar-refractivity contribution in [2.75, 3.05) is 14.1 Å². The molecule has 0 atom stereocenters. The Kier molecular flexibility index (Phi) is 2.77. The fourth-order valence-electron chi connectivity index (χ4n) is 1.46. The highest BCUT2D eigenvalue weighted by Gasteiger charge is 2.02. The molecule has 0 unspecified atom stereocenters. The molecule has 0 fully saturated rings. The van der Waals surface area contributed by atoms with Crippen molar-refractivity contribution in [3.05, 3.63) is 34.2 Å². The first kappa shape index (κ1) is 9.97. The lowest BCUT2D eigenvalue weighted by molar-refractivity contribution is 0.406. The van der Waals surface area contributed by atoms with E-state index in [1.807, 2.05) is 23.5 Å². The van der Waals surface area contributed by atoms with Gasteiger partial charge in [-0.2, -0.15) is 0 Å². The third-order valence-electron chi connectivity index (χ3n) is 2.00. The first-order valence-electron chi connectivity index (χ1n) is 4.48. The van der Waals surface area contributed by atoms with Crippen LogP contribution in [0, 0.1) is 0 Å². The maximum atomic E-state index is 5.93. The SMILES string of the molecule is CN(C)Cc1cc2cc(Cl)ccc2s1. The molecule has 1 nitrogen and oxygen atoms in total. The zero-order valence-electron chi connectivity index (χ0n) is 8.25. The van der Waals surface area contributed by atoms with E-state index in [2.05, 4.69) is 31.1 Å². The Morgan fingerprint density at radius 1 is 1.29 bits per heavy atom. The monoisotopic (exact) mass is 225 g/mol. The molecular formula is C11H12ClNS. The number of hydrogen-bond donors (Lipinski definition) is 0. The maximum absolute atomic E-state index is 5.93. The molecule has 0 N–H and O–H groups in total. The minimum atomic E-state index is 0.812. The molecule has 2 aromatic rings. The summed E-state index contributed by atoms with van der Waals surface area (Å²) in [6.45, 7) is 0.997. The van der Waals surface area contributed by atoms with Crippen LogP contribution < -0.4 is 0 Å². The Balaban J connectivity index is 2.41. The molecule has 1 aromatic carbocycles. The van der Waals surface area contributed by atoms with Crippen molar-refractivity contribution in [2.45, 2.75) is 6.54 Å². The fourth-order valence-corrected chi connectivity index (χ4v) is 2.80. The van der Waals surface area contributed by atoms with Gasteiger partial charge < -0.3 is 4.90 Å². The van der Waals surface area contributed by atoms with E-state index in [4.69, 9.17) is 11.6 Å². The van der Waals surface area contributed by atoms with Gasteiger partial charge in [-0.3, -0.25) is 0 Å². The summed E-state index contributed by atoms with van der Waals surface area (Å²) < 4.78 is 1.31. The van der Waals surface area contributed by atoms with E-state index in [9.17, 15) is 0 Å². The minimum absolute atomic E-state index is 0.812. The van der Waals surface area contributed by atoms with E-state index in [1.165, 1.54) is 15.0 Å². The molecule has 1 aromatic heterocycles. The van der Waals surface area contributed by atoms with Crippen LogP contribution in [0.3, 0.4) is 0 Å². The molecule has 0 radical (unpaired) electrons. The quantitative estimate of drug-likeness (QED) is 0.755. The Bertz CT molecular complexity index is 447. The zero-order chi connectivity index (χ0) is 10.1. The van der Waals surface area contributed by atoms with Crippen molar-refractivity contribution in [3.63, 3.8) is 0 Å². The predicted molar refractivity (Wildman–Crippen MR) is 64.2 cm³/mol. The molecule has 2 rings (SSSR count). The summed E-state index contributed by atoms with van der Waals surface area (Å²) in [6.07, 6.45) is 0. The minimum Gasteiger partial charge on any atom is -0.304 e. The topological polar surface area (TPSA) is 3.24 Å². The molecule has 14 heavy (non-hydrogen) atoms. The molecule has 74 valence electrons. The smallest absolute Gasteiger partial charge is 0.0412 e. The molecule has 0 aliphatic rings. The number of halogens is 1. The molecule has 1 heterocycles. The number of rotatable bonds is 2. The van der Waals surface area contributed by atoms with Gasteiger partial charge in [0.05, 0.1) is 0 Å². The summed E-state index contributed by atoms with van der Waals surface area (Å²) in [6, 6.07) is 8.26. The van der Waals surface area contributed by atoms with E-state index in [-0.39, 0.29) is 0 Å². The van der Waals surface area contributed by atoms with Gasteiger partial charge in [0.15, 0.2) is 0 Å². The Hall–Kier alpha value is -0.570. The summed E-state index contributed by atoms with van der Waals surface area (Å²) in [4.78, 5) is 3.55. The zero-order valence-corrected chi connectivity index (χ0v) is 9.82. The van der Waals surface area contributed by atoms with Crippen molar-refractivity contribution in [1.29, 1.82) is 0 Å². The van der Waals surface area contributed by atoms with Crippen LogP contribution in [0.15, 0.2) is 24.3 Å². The highest BCUT2D eigenvalue weighted by atomic mass is 35.5. The standard InChI is InChI=1S/C11H12ClNS/c1-13(2)7-10-6-8-5-9(12)3-4-11(8)14-10/h3-6H,7H2,1-2H3. The first-order valence-corrected chi connectivity index (χ1v) is 5.67. The van der Waals surface area contributed by atoms with Crippen molar-refractivity contribution in [2.24, 2.45) is 0 Å². The van der Waals surface area contributed by atoms with Crippen molar-refractivity contribution < 1.29 is 0 Å². The second-order valence-electron chi connectivity index (χ2n) is 3.63. The molecule has 0 aliphatic carbocycles. The van der Waals surface area contributed by atoms with Gasteiger partial charge in [-0.1, -0.05) is 11.6 Å². The molecule has 0 bridgehead atoms. The Morgan fingerprint density at radius 3 is 2.79 bits per heavy atom. The molecule has 0 aliphatic heterocycles. The fraction of sp³-hybridized carbons (Fsp3) is 0.273. The van der Waals surface area contributed by atoms with Crippen LogP contribution in [0.1, 0.15) is 4.88 Å². The maximum Gasteiger partial charge on any atom is 0.0412 e. The largest absolute Gasteiger partial charge is 0.304 e. The molecule has 0 saturated heterocycles. The molecule has 3 heteroatoms. The van der Waals surface area contributed by atoms with E-state index in [1.54, 1.807) is 0 Å². The van der Waals surface area contributed by atoms with Gasteiger partial charge >= 0.3 is 0 Å². The summed E-state index contributed by atoms with van der Waals surface area (Å²) in [5.41, 5.74) is 0. The van der Waals surface area contributed by atoms with Crippen LogP contribution in [-0.2, 0) is 6.54 Å². The molecule has 0 amide bonds. The van der Waals surface area contributed by atoms with Crippen molar-refractivity contribution in [1.82, 2.24) is 4.90 Å². The van der Waals surface area contributed by atoms with E-state index in [0.717, 1.165) is 11.6 Å². The average molecular weight is 226 g/mol. The van der Waals surface area contributed by atoms with Crippen LogP contribution in [0.25, 0.3) is 10.1 Å². The molecule has 0 saturated carbocycles. The molecular weight excluding hydrogens is 214 g/mol. The highest BCUT2D eigenvalue weighted by molar-refractivity contribution is 7.19. The third-order valence-corrected chi connectivity index (χ3v) is 3.34. The highest BCUT2D eigenvalue weighted by Crippen LogP contribution is 2.28. The van der Waals surface area contributed by atoms with Gasteiger partial charge in [0.2, 0.25) is 0 Å². The first-order chi connectivity index (χ1) is 6.65. The predicted octanol–water partition coefficient (Wildman–Crippen LogP) is 3.62. The Labute approximate surface area is 92.9 Å². The third kappa shape index (κ3) is 2.08. The van der Waals surface area contributed by atoms with Gasteiger partial charge in [-0.25, -0.2) is 0 Å². The van der Waals surface area contributed by atoms with Gasteiger partial charge in [-0.05, 0) is 43.7 Å². The summed E-state index contributed by atoms with van der Waals surface area (Å²) in [7, 11) is 4.16. The van der Waals surface area contributed by atoms with E-state index in [0.29, 0.717) is 0 Å².